The first-order chi connectivity index (χ1) is 10.6. The lowest BCUT2D eigenvalue weighted by atomic mass is 10.3. The van der Waals surface area contributed by atoms with Gasteiger partial charge in [0.1, 0.15) is 5.76 Å². The van der Waals surface area contributed by atoms with E-state index in [1.54, 1.807) is 19.1 Å². The molecular formula is C14H15NO5S2. The van der Waals surface area contributed by atoms with E-state index in [1.807, 2.05) is 5.38 Å². The van der Waals surface area contributed by atoms with E-state index in [4.69, 9.17) is 9.15 Å². The maximum Gasteiger partial charge on any atom is 0.373 e. The quantitative estimate of drug-likeness (QED) is 0.566. The maximum absolute atomic E-state index is 11.4. The van der Waals surface area contributed by atoms with Crippen molar-refractivity contribution >= 4 is 35.0 Å². The molecular weight excluding hydrogens is 326 g/mol. The van der Waals surface area contributed by atoms with E-state index in [0.29, 0.717) is 23.8 Å². The van der Waals surface area contributed by atoms with E-state index in [0.717, 1.165) is 4.34 Å². The Labute approximate surface area is 135 Å². The van der Waals surface area contributed by atoms with Gasteiger partial charge >= 0.3 is 11.9 Å². The van der Waals surface area contributed by atoms with Crippen LogP contribution in [0.15, 0.2) is 26.3 Å². The molecule has 8 heteroatoms. The highest BCUT2D eigenvalue weighted by Crippen LogP contribution is 2.27. The summed E-state index contributed by atoms with van der Waals surface area (Å²) in [4.78, 5) is 27.0. The van der Waals surface area contributed by atoms with Gasteiger partial charge in [-0.15, -0.1) is 11.3 Å². The number of methoxy groups -OCH3 is 1. The molecule has 0 N–H and O–H groups in total. The molecule has 0 saturated carbocycles. The number of thioether (sulfide) groups is 1. The first-order valence-corrected chi connectivity index (χ1v) is 8.38. The molecule has 0 fully saturated rings. The molecule has 0 aromatic carbocycles. The number of esters is 2. The van der Waals surface area contributed by atoms with Crippen LogP contribution in [0.2, 0.25) is 0 Å². The normalized spacial score (nSPS) is 10.5. The summed E-state index contributed by atoms with van der Waals surface area (Å²) >= 11 is 2.93. The lowest BCUT2D eigenvalue weighted by molar-refractivity contribution is -0.142. The fourth-order valence-electron chi connectivity index (χ4n) is 1.59. The number of rotatable bonds is 7. The van der Waals surface area contributed by atoms with Gasteiger partial charge in [0.05, 0.1) is 31.6 Å². The molecule has 0 atom stereocenters. The summed E-state index contributed by atoms with van der Waals surface area (Å²) in [7, 11) is 1.31. The largest absolute Gasteiger partial charge is 0.466 e. The first kappa shape index (κ1) is 16.6. The lowest BCUT2D eigenvalue weighted by Crippen LogP contribution is -2.07. The summed E-state index contributed by atoms with van der Waals surface area (Å²) in [5.41, 5.74) is 0.695. The van der Waals surface area contributed by atoms with Gasteiger partial charge in [0.15, 0.2) is 4.34 Å². The molecule has 0 aliphatic carbocycles. The molecule has 0 unspecified atom stereocenters. The van der Waals surface area contributed by atoms with E-state index in [2.05, 4.69) is 9.72 Å². The Morgan fingerprint density at radius 1 is 1.41 bits per heavy atom. The van der Waals surface area contributed by atoms with Gasteiger partial charge < -0.3 is 13.9 Å². The number of hydrogen-bond donors (Lipinski definition) is 0. The number of furan rings is 1. The molecule has 6 nitrogen and oxygen atoms in total. The zero-order valence-electron chi connectivity index (χ0n) is 12.2. The van der Waals surface area contributed by atoms with Gasteiger partial charge in [0.2, 0.25) is 5.76 Å². The van der Waals surface area contributed by atoms with Crippen LogP contribution in [0.4, 0.5) is 0 Å². The van der Waals surface area contributed by atoms with Crippen molar-refractivity contribution in [3.05, 3.63) is 34.7 Å². The summed E-state index contributed by atoms with van der Waals surface area (Å²) in [5, 5.41) is 1.83. The van der Waals surface area contributed by atoms with Gasteiger partial charge in [0.25, 0.3) is 0 Å². The molecule has 2 aromatic heterocycles. The summed E-state index contributed by atoms with van der Waals surface area (Å²) in [6.07, 6.45) is 0.179. The Bertz CT molecular complexity index is 649. The molecule has 2 rings (SSSR count). The van der Waals surface area contributed by atoms with Crippen molar-refractivity contribution in [2.45, 2.75) is 23.4 Å². The van der Waals surface area contributed by atoms with Crippen LogP contribution in [0, 0.1) is 0 Å². The third-order valence-electron chi connectivity index (χ3n) is 2.55. The predicted molar refractivity (Wildman–Crippen MR) is 82.1 cm³/mol. The topological polar surface area (TPSA) is 78.6 Å². The van der Waals surface area contributed by atoms with Crippen molar-refractivity contribution in [2.75, 3.05) is 13.7 Å². The van der Waals surface area contributed by atoms with Gasteiger partial charge in [-0.05, 0) is 19.1 Å². The second-order valence-corrected chi connectivity index (χ2v) is 6.21. The van der Waals surface area contributed by atoms with Crippen LogP contribution < -0.4 is 0 Å². The van der Waals surface area contributed by atoms with Crippen molar-refractivity contribution in [3.8, 4) is 0 Å². The molecule has 0 aliphatic heterocycles. The van der Waals surface area contributed by atoms with Crippen LogP contribution in [-0.4, -0.2) is 30.6 Å². The van der Waals surface area contributed by atoms with Crippen LogP contribution in [0.3, 0.4) is 0 Å². The highest BCUT2D eigenvalue weighted by atomic mass is 32.2. The Morgan fingerprint density at radius 3 is 2.95 bits per heavy atom. The fraction of sp³-hybridized carbons (Fsp3) is 0.357. The Morgan fingerprint density at radius 2 is 2.23 bits per heavy atom. The molecule has 0 radical (unpaired) electrons. The molecule has 0 spiro atoms. The zero-order valence-corrected chi connectivity index (χ0v) is 13.8. The molecule has 0 bridgehead atoms. The van der Waals surface area contributed by atoms with Crippen molar-refractivity contribution in [1.29, 1.82) is 0 Å². The number of ether oxygens (including phenoxy) is 2. The van der Waals surface area contributed by atoms with Crippen molar-refractivity contribution in [2.24, 2.45) is 0 Å². The summed E-state index contributed by atoms with van der Waals surface area (Å²) < 4.78 is 15.7. The molecule has 2 aromatic rings. The maximum atomic E-state index is 11.4. The Balaban J connectivity index is 1.87. The highest BCUT2D eigenvalue weighted by Gasteiger charge is 2.12. The summed E-state index contributed by atoms with van der Waals surface area (Å²) in [6.45, 7) is 2.14. The predicted octanol–water partition coefficient (Wildman–Crippen LogP) is 2.92. The van der Waals surface area contributed by atoms with Crippen molar-refractivity contribution < 1.29 is 23.5 Å². The fourth-order valence-corrected chi connectivity index (χ4v) is 3.33. The minimum atomic E-state index is -0.498. The van der Waals surface area contributed by atoms with Crippen LogP contribution >= 0.6 is 23.1 Å². The van der Waals surface area contributed by atoms with Crippen LogP contribution in [0.1, 0.15) is 28.9 Å². The second kappa shape index (κ2) is 8.00. The number of carbonyl (C=O) groups excluding carboxylic acids is 2. The van der Waals surface area contributed by atoms with E-state index in [9.17, 15) is 9.59 Å². The van der Waals surface area contributed by atoms with Gasteiger partial charge in [-0.25, -0.2) is 9.78 Å². The summed E-state index contributed by atoms with van der Waals surface area (Å²) in [6, 6.07) is 3.31. The monoisotopic (exact) mass is 341 g/mol. The molecule has 22 heavy (non-hydrogen) atoms. The average molecular weight is 341 g/mol. The van der Waals surface area contributed by atoms with E-state index < -0.39 is 5.97 Å². The number of aromatic nitrogens is 1. The van der Waals surface area contributed by atoms with E-state index >= 15 is 0 Å². The Kier molecular flexibility index (Phi) is 6.02. The molecule has 118 valence electrons. The number of thiazole rings is 1. The number of carbonyl (C=O) groups is 2. The van der Waals surface area contributed by atoms with Crippen molar-refractivity contribution in [3.63, 3.8) is 0 Å². The van der Waals surface area contributed by atoms with Gasteiger partial charge in [-0.1, -0.05) is 11.8 Å². The van der Waals surface area contributed by atoms with Crippen LogP contribution in [0.25, 0.3) is 0 Å². The van der Waals surface area contributed by atoms with Gasteiger partial charge in [-0.3, -0.25) is 4.79 Å². The Hall–Kier alpha value is -1.80. The number of hydrogen-bond acceptors (Lipinski definition) is 8. The van der Waals surface area contributed by atoms with E-state index in [-0.39, 0.29) is 18.2 Å². The first-order valence-electron chi connectivity index (χ1n) is 6.52. The third-order valence-corrected chi connectivity index (χ3v) is 4.64. The highest BCUT2D eigenvalue weighted by molar-refractivity contribution is 8.00. The molecule has 2 heterocycles. The number of nitrogens with zero attached hydrogens (tertiary/aromatic N) is 1. The SMILES string of the molecule is CCOC(=O)Cc1csc(SCc2ccc(C(=O)OC)o2)n1. The molecule has 0 aliphatic rings. The van der Waals surface area contributed by atoms with Gasteiger partial charge in [-0.2, -0.15) is 0 Å². The lowest BCUT2D eigenvalue weighted by Gasteiger charge is -1.98. The molecule has 0 saturated heterocycles. The van der Waals surface area contributed by atoms with E-state index in [1.165, 1.54) is 30.2 Å². The van der Waals surface area contributed by atoms with Gasteiger partial charge in [0, 0.05) is 5.38 Å². The average Bonchev–Trinajstić information content (AvgIpc) is 3.13. The standard InChI is InChI=1S/C14H15NO5S2/c1-3-19-12(16)6-9-7-21-14(15-9)22-8-10-4-5-11(20-10)13(17)18-2/h4-5,7H,3,6,8H2,1-2H3. The second-order valence-electron chi connectivity index (χ2n) is 4.13. The van der Waals surface area contributed by atoms with Crippen LogP contribution in [0.5, 0.6) is 0 Å². The summed E-state index contributed by atoms with van der Waals surface area (Å²) in [5.74, 6) is 0.608. The zero-order chi connectivity index (χ0) is 15.9. The smallest absolute Gasteiger partial charge is 0.373 e. The van der Waals surface area contributed by atoms with Crippen molar-refractivity contribution in [1.82, 2.24) is 4.98 Å². The third kappa shape index (κ3) is 4.60. The minimum absolute atomic E-state index is 0.179. The van der Waals surface area contributed by atoms with Crippen LogP contribution in [-0.2, 0) is 26.4 Å². The molecule has 0 amide bonds. The minimum Gasteiger partial charge on any atom is -0.466 e.